The number of hydrogen-bond donors (Lipinski definition) is 5. The van der Waals surface area contributed by atoms with Crippen molar-refractivity contribution in [3.8, 4) is 16.9 Å². The molecule has 0 spiro atoms. The van der Waals surface area contributed by atoms with Gasteiger partial charge in [-0.3, -0.25) is 9.52 Å². The number of alkyl halides is 3. The average Bonchev–Trinajstić information content (AvgIpc) is 2.93. The van der Waals surface area contributed by atoms with Gasteiger partial charge in [-0.05, 0) is 42.0 Å². The van der Waals surface area contributed by atoms with Crippen LogP contribution < -0.4 is 14.8 Å². The summed E-state index contributed by atoms with van der Waals surface area (Å²) in [7, 11) is -4.32. The maximum Gasteiger partial charge on any atom is 0.417 e. The van der Waals surface area contributed by atoms with Crippen molar-refractivity contribution in [3.63, 3.8) is 0 Å². The van der Waals surface area contributed by atoms with E-state index in [0.717, 1.165) is 43.3 Å². The zero-order chi connectivity index (χ0) is 30.8. The van der Waals surface area contributed by atoms with Crippen LogP contribution in [0, 0.1) is 5.82 Å². The number of amides is 1. The molecule has 0 aliphatic carbocycles. The molecular formula is C27H26F4N2O8S. The molecule has 5 N–H and O–H groups in total. The number of halogens is 4. The summed E-state index contributed by atoms with van der Waals surface area (Å²) in [5, 5.41) is 32.7. The molecule has 1 heterocycles. The van der Waals surface area contributed by atoms with E-state index >= 15 is 0 Å². The number of sulfonamides is 1. The predicted molar refractivity (Wildman–Crippen MR) is 140 cm³/mol. The van der Waals surface area contributed by atoms with Crippen molar-refractivity contribution < 1.29 is 55.6 Å². The first-order chi connectivity index (χ1) is 19.7. The van der Waals surface area contributed by atoms with Crippen molar-refractivity contribution in [2.75, 3.05) is 11.3 Å². The maximum absolute atomic E-state index is 14.8. The van der Waals surface area contributed by atoms with E-state index in [1.54, 1.807) is 6.07 Å². The fourth-order valence-electron chi connectivity index (χ4n) is 4.42. The van der Waals surface area contributed by atoms with E-state index in [1.807, 2.05) is 4.72 Å². The lowest BCUT2D eigenvalue weighted by atomic mass is 9.96. The van der Waals surface area contributed by atoms with E-state index in [-0.39, 0.29) is 10.5 Å². The third-order valence-electron chi connectivity index (χ3n) is 6.38. The Balaban J connectivity index is 1.81. The van der Waals surface area contributed by atoms with Crippen LogP contribution in [0.5, 0.6) is 5.75 Å². The molecule has 4 rings (SSSR count). The van der Waals surface area contributed by atoms with Gasteiger partial charge < -0.3 is 30.1 Å². The highest BCUT2D eigenvalue weighted by Gasteiger charge is 2.46. The second-order valence-corrected chi connectivity index (χ2v) is 11.0. The van der Waals surface area contributed by atoms with Gasteiger partial charge in [0.25, 0.3) is 10.0 Å². The van der Waals surface area contributed by atoms with E-state index in [1.165, 1.54) is 24.3 Å². The van der Waals surface area contributed by atoms with Crippen LogP contribution in [0.2, 0.25) is 0 Å². The van der Waals surface area contributed by atoms with Crippen molar-refractivity contribution in [2.24, 2.45) is 0 Å². The van der Waals surface area contributed by atoms with Gasteiger partial charge in [-0.1, -0.05) is 30.3 Å². The molecular weight excluding hydrogens is 588 g/mol. The van der Waals surface area contributed by atoms with Gasteiger partial charge >= 0.3 is 6.18 Å². The summed E-state index contributed by atoms with van der Waals surface area (Å²) in [6.45, 7) is 0.281. The van der Waals surface area contributed by atoms with Crippen LogP contribution in [0.4, 0.5) is 23.2 Å². The molecule has 3 aromatic carbocycles. The lowest BCUT2D eigenvalue weighted by Crippen LogP contribution is -2.65. The number of carbonyl (C=O) groups is 1. The first-order valence-electron chi connectivity index (χ1n) is 12.4. The number of benzene rings is 3. The molecule has 0 bridgehead atoms. The number of rotatable bonds is 8. The van der Waals surface area contributed by atoms with Gasteiger partial charge in [-0.2, -0.15) is 13.2 Å². The Morgan fingerprint density at radius 2 is 1.71 bits per heavy atom. The van der Waals surface area contributed by atoms with Crippen molar-refractivity contribution in [1.29, 1.82) is 0 Å². The highest BCUT2D eigenvalue weighted by atomic mass is 32.2. The highest BCUT2D eigenvalue weighted by Crippen LogP contribution is 2.44. The van der Waals surface area contributed by atoms with Crippen LogP contribution in [0.25, 0.3) is 11.1 Å². The molecule has 1 amide bonds. The lowest BCUT2D eigenvalue weighted by molar-refractivity contribution is -0.244. The quantitative estimate of drug-likeness (QED) is 0.243. The maximum atomic E-state index is 14.8. The summed E-state index contributed by atoms with van der Waals surface area (Å²) in [6, 6.07) is 10.9. The Labute approximate surface area is 237 Å². The standard InChI is InChI=1S/C27H26F4N2O8S/c1-14(35)32-23-25(37)24(36)21(13-34)41-26(23)40-20-9-5-8-17(27(29,30)31)22(20)15-10-11-18(28)19(12-15)33-42(38,39)16-6-3-2-4-7-16/h2-12,21,23-26,33-34,36-37H,13H2,1H3,(H,32,35)/t21-,23-,24+,25-,26-/m1/s1. The smallest absolute Gasteiger partial charge is 0.417 e. The Morgan fingerprint density at radius 1 is 1.02 bits per heavy atom. The molecule has 3 aromatic rings. The van der Waals surface area contributed by atoms with Gasteiger partial charge in [0.15, 0.2) is 0 Å². The molecule has 0 unspecified atom stereocenters. The molecule has 226 valence electrons. The molecule has 0 radical (unpaired) electrons. The molecule has 10 nitrogen and oxygen atoms in total. The van der Waals surface area contributed by atoms with Gasteiger partial charge in [-0.25, -0.2) is 12.8 Å². The number of nitrogens with one attached hydrogen (secondary N) is 2. The molecule has 42 heavy (non-hydrogen) atoms. The predicted octanol–water partition coefficient (Wildman–Crippen LogP) is 2.63. The second-order valence-electron chi connectivity index (χ2n) is 9.34. The SMILES string of the molecule is CC(=O)N[C@H]1[C@H](Oc2cccc(C(F)(F)F)c2-c2ccc(F)c(NS(=O)(=O)c3ccccc3)c2)O[C@H](CO)[C@H](O)[C@@H]1O. The Bertz CT molecular complexity index is 1540. The van der Waals surface area contributed by atoms with E-state index < -0.39 is 87.7 Å². The van der Waals surface area contributed by atoms with Gasteiger partial charge in [0.2, 0.25) is 12.2 Å². The van der Waals surface area contributed by atoms with Gasteiger partial charge in [0, 0.05) is 12.5 Å². The van der Waals surface area contributed by atoms with E-state index in [2.05, 4.69) is 5.32 Å². The van der Waals surface area contributed by atoms with Crippen LogP contribution in [0.3, 0.4) is 0 Å². The van der Waals surface area contributed by atoms with Gasteiger partial charge in [0.1, 0.15) is 35.9 Å². The van der Waals surface area contributed by atoms with Crippen molar-refractivity contribution in [3.05, 3.63) is 78.1 Å². The summed E-state index contributed by atoms with van der Waals surface area (Å²) in [5.74, 6) is -2.27. The number of hydrogen-bond acceptors (Lipinski definition) is 8. The highest BCUT2D eigenvalue weighted by molar-refractivity contribution is 7.92. The summed E-state index contributed by atoms with van der Waals surface area (Å²) in [6.07, 6.45) is -11.5. The number of anilines is 1. The largest absolute Gasteiger partial charge is 0.462 e. The van der Waals surface area contributed by atoms with E-state index in [0.29, 0.717) is 0 Å². The zero-order valence-electron chi connectivity index (χ0n) is 21.7. The molecule has 1 fully saturated rings. The van der Waals surface area contributed by atoms with Gasteiger partial charge in [-0.15, -0.1) is 0 Å². The summed E-state index contributed by atoms with van der Waals surface area (Å²) >= 11 is 0. The van der Waals surface area contributed by atoms with Crippen molar-refractivity contribution in [1.82, 2.24) is 5.32 Å². The van der Waals surface area contributed by atoms with Gasteiger partial charge in [0.05, 0.1) is 22.8 Å². The third-order valence-corrected chi connectivity index (χ3v) is 7.76. The number of carbonyl (C=O) groups excluding carboxylic acids is 1. The molecule has 1 aliphatic heterocycles. The first-order valence-corrected chi connectivity index (χ1v) is 13.9. The minimum atomic E-state index is -4.97. The van der Waals surface area contributed by atoms with Crippen LogP contribution in [0.1, 0.15) is 12.5 Å². The monoisotopic (exact) mass is 614 g/mol. The Hall–Kier alpha value is -3.76. The summed E-state index contributed by atoms with van der Waals surface area (Å²) < 4.78 is 96.2. The molecule has 0 aromatic heterocycles. The van der Waals surface area contributed by atoms with E-state index in [4.69, 9.17) is 9.47 Å². The fraction of sp³-hybridized carbons (Fsp3) is 0.296. The molecule has 1 aliphatic rings. The summed E-state index contributed by atoms with van der Waals surface area (Å²) in [5.41, 5.74) is -2.84. The molecule has 0 saturated carbocycles. The minimum Gasteiger partial charge on any atom is -0.462 e. The molecule has 15 heteroatoms. The number of aliphatic hydroxyl groups is 3. The van der Waals surface area contributed by atoms with Crippen molar-refractivity contribution in [2.45, 2.75) is 48.6 Å². The Morgan fingerprint density at radius 3 is 2.33 bits per heavy atom. The summed E-state index contributed by atoms with van der Waals surface area (Å²) in [4.78, 5) is 11.6. The average molecular weight is 615 g/mol. The molecule has 5 atom stereocenters. The molecule has 1 saturated heterocycles. The van der Waals surface area contributed by atoms with Crippen LogP contribution in [0.15, 0.2) is 71.6 Å². The minimum absolute atomic E-state index is 0.216. The topological polar surface area (TPSA) is 154 Å². The number of ether oxygens (including phenoxy) is 2. The zero-order valence-corrected chi connectivity index (χ0v) is 22.6. The Kier molecular flexibility index (Phi) is 9.08. The normalized spacial score (nSPS) is 22.8. The second kappa shape index (κ2) is 12.2. The lowest BCUT2D eigenvalue weighted by Gasteiger charge is -2.42. The van der Waals surface area contributed by atoms with Crippen LogP contribution in [-0.2, 0) is 25.7 Å². The first kappa shape index (κ1) is 31.2. The van der Waals surface area contributed by atoms with Crippen molar-refractivity contribution >= 4 is 21.6 Å². The third kappa shape index (κ3) is 6.65. The van der Waals surface area contributed by atoms with E-state index in [9.17, 15) is 46.1 Å². The van der Waals surface area contributed by atoms with Crippen LogP contribution >= 0.6 is 0 Å². The number of aliphatic hydroxyl groups excluding tert-OH is 3. The fourth-order valence-corrected chi connectivity index (χ4v) is 5.50. The van der Waals surface area contributed by atoms with Crippen LogP contribution in [-0.4, -0.2) is 66.9 Å².